The third kappa shape index (κ3) is 4.61. The average Bonchev–Trinajstić information content (AvgIpc) is 3.09. The molecule has 128 valence electrons. The third-order valence-electron chi connectivity index (χ3n) is 3.77. The van der Waals surface area contributed by atoms with Crippen LogP contribution < -0.4 is 15.8 Å². The number of thiophene rings is 1. The van der Waals surface area contributed by atoms with Crippen LogP contribution >= 0.6 is 11.3 Å². The molecule has 0 fully saturated rings. The number of methoxy groups -OCH3 is 1. The molecule has 0 bridgehead atoms. The highest BCUT2D eigenvalue weighted by molar-refractivity contribution is 7.10. The Morgan fingerprint density at radius 3 is 2.64 bits per heavy atom. The Kier molecular flexibility index (Phi) is 5.36. The highest BCUT2D eigenvalue weighted by Gasteiger charge is 2.03. The summed E-state index contributed by atoms with van der Waals surface area (Å²) < 4.78 is 5.20. The van der Waals surface area contributed by atoms with Crippen molar-refractivity contribution >= 4 is 23.0 Å². The number of nitrogens with zero attached hydrogens (tertiary/aromatic N) is 1. The zero-order valence-electron chi connectivity index (χ0n) is 14.3. The van der Waals surface area contributed by atoms with Gasteiger partial charge in [0.05, 0.1) is 13.7 Å². The average molecular weight is 351 g/mol. The highest BCUT2D eigenvalue weighted by Crippen LogP contribution is 2.27. The van der Waals surface area contributed by atoms with Crippen LogP contribution in [0.25, 0.3) is 11.1 Å². The number of guanidine groups is 1. The Morgan fingerprint density at radius 2 is 1.92 bits per heavy atom. The molecule has 3 N–H and O–H groups in total. The van der Waals surface area contributed by atoms with Crippen molar-refractivity contribution in [2.75, 3.05) is 12.4 Å². The zero-order valence-corrected chi connectivity index (χ0v) is 15.1. The summed E-state index contributed by atoms with van der Waals surface area (Å²) in [5, 5.41) is 5.26. The predicted molar refractivity (Wildman–Crippen MR) is 106 cm³/mol. The van der Waals surface area contributed by atoms with Gasteiger partial charge in [-0.15, -0.1) is 11.3 Å². The molecule has 1 heterocycles. The molecule has 0 amide bonds. The van der Waals surface area contributed by atoms with E-state index in [1.165, 1.54) is 16.0 Å². The number of aliphatic imine (C=N–C) groups is 1. The number of rotatable bonds is 5. The smallest absolute Gasteiger partial charge is 0.193 e. The molecule has 3 rings (SSSR count). The van der Waals surface area contributed by atoms with E-state index in [1.54, 1.807) is 18.4 Å². The minimum atomic E-state index is 0.421. The second-order valence-electron chi connectivity index (χ2n) is 5.73. The van der Waals surface area contributed by atoms with E-state index in [1.807, 2.05) is 43.3 Å². The first-order valence-electron chi connectivity index (χ1n) is 7.99. The molecule has 0 aliphatic carbocycles. The van der Waals surface area contributed by atoms with Crippen LogP contribution in [-0.2, 0) is 6.54 Å². The Balaban J connectivity index is 1.64. The van der Waals surface area contributed by atoms with Crippen LogP contribution in [-0.4, -0.2) is 13.1 Å². The van der Waals surface area contributed by atoms with Gasteiger partial charge >= 0.3 is 0 Å². The summed E-state index contributed by atoms with van der Waals surface area (Å²) >= 11 is 1.68. The van der Waals surface area contributed by atoms with E-state index >= 15 is 0 Å². The molecule has 0 aliphatic heterocycles. The molecule has 0 saturated carbocycles. The topological polar surface area (TPSA) is 59.6 Å². The van der Waals surface area contributed by atoms with Gasteiger partial charge in [-0.05, 0) is 59.3 Å². The number of benzene rings is 2. The van der Waals surface area contributed by atoms with Crippen LogP contribution in [0.3, 0.4) is 0 Å². The van der Waals surface area contributed by atoms with Crippen LogP contribution in [0.15, 0.2) is 65.0 Å². The molecule has 0 saturated heterocycles. The summed E-state index contributed by atoms with van der Waals surface area (Å²) in [6.07, 6.45) is 0. The summed E-state index contributed by atoms with van der Waals surface area (Å²) in [6, 6.07) is 18.2. The van der Waals surface area contributed by atoms with E-state index in [2.05, 4.69) is 33.9 Å². The van der Waals surface area contributed by atoms with Crippen LogP contribution in [0, 0.1) is 6.92 Å². The van der Waals surface area contributed by atoms with Gasteiger partial charge < -0.3 is 15.8 Å². The molecular weight excluding hydrogens is 330 g/mol. The molecule has 4 nitrogen and oxygen atoms in total. The third-order valence-corrected chi connectivity index (χ3v) is 4.69. The van der Waals surface area contributed by atoms with Gasteiger partial charge in [-0.25, -0.2) is 4.99 Å². The van der Waals surface area contributed by atoms with E-state index in [0.717, 1.165) is 17.0 Å². The number of ether oxygens (including phenoxy) is 1. The largest absolute Gasteiger partial charge is 0.497 e. The van der Waals surface area contributed by atoms with Gasteiger partial charge in [0.2, 0.25) is 0 Å². The molecule has 0 aliphatic rings. The standard InChI is InChI=1S/C20H21N3OS/c1-14-4-3-5-17(10-14)23-20(21)22-12-19-11-16(13-25-19)15-6-8-18(24-2)9-7-15/h3-11,13H,12H2,1-2H3,(H3,21,22,23). The summed E-state index contributed by atoms with van der Waals surface area (Å²) in [7, 11) is 1.67. The van der Waals surface area contributed by atoms with Crippen molar-refractivity contribution in [1.82, 2.24) is 0 Å². The minimum absolute atomic E-state index is 0.421. The maximum absolute atomic E-state index is 5.98. The molecule has 0 unspecified atom stereocenters. The Hall–Kier alpha value is -2.79. The van der Waals surface area contributed by atoms with Crippen molar-refractivity contribution in [3.05, 3.63) is 70.4 Å². The second kappa shape index (κ2) is 7.85. The molecular formula is C20H21N3OS. The van der Waals surface area contributed by atoms with Crippen LogP contribution in [0.4, 0.5) is 5.69 Å². The Labute approximate surface area is 152 Å². The van der Waals surface area contributed by atoms with Gasteiger partial charge in [-0.1, -0.05) is 24.3 Å². The molecule has 2 aromatic carbocycles. The maximum Gasteiger partial charge on any atom is 0.193 e. The Morgan fingerprint density at radius 1 is 1.12 bits per heavy atom. The van der Waals surface area contributed by atoms with Gasteiger partial charge in [0.1, 0.15) is 5.75 Å². The van der Waals surface area contributed by atoms with Gasteiger partial charge in [-0.3, -0.25) is 0 Å². The lowest BCUT2D eigenvalue weighted by atomic mass is 10.1. The lowest BCUT2D eigenvalue weighted by Gasteiger charge is -2.05. The quantitative estimate of drug-likeness (QED) is 0.519. The van der Waals surface area contributed by atoms with E-state index in [0.29, 0.717) is 12.5 Å². The first kappa shape index (κ1) is 17.0. The zero-order chi connectivity index (χ0) is 17.6. The van der Waals surface area contributed by atoms with Crippen molar-refractivity contribution in [3.8, 4) is 16.9 Å². The van der Waals surface area contributed by atoms with E-state index < -0.39 is 0 Å². The molecule has 0 spiro atoms. The fourth-order valence-corrected chi connectivity index (χ4v) is 3.29. The van der Waals surface area contributed by atoms with E-state index in [4.69, 9.17) is 10.5 Å². The number of hydrogen-bond acceptors (Lipinski definition) is 3. The number of hydrogen-bond donors (Lipinski definition) is 2. The Bertz CT molecular complexity index is 869. The van der Waals surface area contributed by atoms with Crippen molar-refractivity contribution in [2.24, 2.45) is 10.7 Å². The molecule has 3 aromatic rings. The summed E-state index contributed by atoms with van der Waals surface area (Å²) in [6.45, 7) is 2.61. The lowest BCUT2D eigenvalue weighted by molar-refractivity contribution is 0.415. The summed E-state index contributed by atoms with van der Waals surface area (Å²) in [5.74, 6) is 1.28. The van der Waals surface area contributed by atoms with E-state index in [9.17, 15) is 0 Å². The second-order valence-corrected chi connectivity index (χ2v) is 6.72. The normalized spacial score (nSPS) is 11.4. The van der Waals surface area contributed by atoms with Crippen molar-refractivity contribution < 1.29 is 4.74 Å². The van der Waals surface area contributed by atoms with Crippen LogP contribution in [0.5, 0.6) is 5.75 Å². The van der Waals surface area contributed by atoms with Crippen molar-refractivity contribution in [2.45, 2.75) is 13.5 Å². The first-order valence-corrected chi connectivity index (χ1v) is 8.87. The SMILES string of the molecule is COc1ccc(-c2csc(CN=C(N)Nc3cccc(C)c3)c2)cc1. The first-order chi connectivity index (χ1) is 12.1. The molecule has 0 atom stereocenters. The predicted octanol–water partition coefficient (Wildman–Crippen LogP) is 4.66. The van der Waals surface area contributed by atoms with Gasteiger partial charge in [-0.2, -0.15) is 0 Å². The number of nitrogens with one attached hydrogen (secondary N) is 1. The number of nitrogens with two attached hydrogens (primary N) is 1. The molecule has 25 heavy (non-hydrogen) atoms. The minimum Gasteiger partial charge on any atom is -0.497 e. The summed E-state index contributed by atoms with van der Waals surface area (Å²) in [5.41, 5.74) is 10.5. The lowest BCUT2D eigenvalue weighted by Crippen LogP contribution is -2.22. The molecule has 0 radical (unpaired) electrons. The van der Waals surface area contributed by atoms with Gasteiger partial charge in [0.25, 0.3) is 0 Å². The number of anilines is 1. The van der Waals surface area contributed by atoms with Crippen LogP contribution in [0.1, 0.15) is 10.4 Å². The highest BCUT2D eigenvalue weighted by atomic mass is 32.1. The number of aryl methyl sites for hydroxylation is 1. The van der Waals surface area contributed by atoms with Crippen molar-refractivity contribution in [1.29, 1.82) is 0 Å². The van der Waals surface area contributed by atoms with Gasteiger partial charge in [0.15, 0.2) is 5.96 Å². The summed E-state index contributed by atoms with van der Waals surface area (Å²) in [4.78, 5) is 5.59. The fraction of sp³-hybridized carbons (Fsp3) is 0.150. The van der Waals surface area contributed by atoms with Crippen LogP contribution in [0.2, 0.25) is 0 Å². The monoisotopic (exact) mass is 351 g/mol. The molecule has 5 heteroatoms. The fourth-order valence-electron chi connectivity index (χ4n) is 2.47. The molecule has 1 aromatic heterocycles. The van der Waals surface area contributed by atoms with Gasteiger partial charge in [0, 0.05) is 10.6 Å². The van der Waals surface area contributed by atoms with Crippen molar-refractivity contribution in [3.63, 3.8) is 0 Å². The van der Waals surface area contributed by atoms with E-state index in [-0.39, 0.29) is 0 Å². The maximum atomic E-state index is 5.98.